The minimum absolute atomic E-state index is 0.548. The summed E-state index contributed by atoms with van der Waals surface area (Å²) >= 11 is 12.0. The maximum absolute atomic E-state index is 6.08. The second kappa shape index (κ2) is 7.29. The molecule has 0 N–H and O–H groups in total. The largest absolute Gasteiger partial charge is 0.497 e. The molecule has 124 valence electrons. The van der Waals surface area contributed by atoms with Crippen LogP contribution in [0.3, 0.4) is 0 Å². The fraction of sp³-hybridized carbons (Fsp3) is 0.211. The van der Waals surface area contributed by atoms with E-state index in [4.69, 9.17) is 32.9 Å². The molecule has 1 heterocycles. The standard InChI is InChI=1S/C19H18Cl2N2O/c1-23-10-9-22-18(15-6-5-14(24-2)12-19(15)23)8-4-13-3-7-16(20)17(21)11-13/h3-8,11-12H,9-10H2,1-2H3/b8-4+. The number of benzene rings is 2. The van der Waals surface area contributed by atoms with E-state index in [1.807, 2.05) is 42.5 Å². The summed E-state index contributed by atoms with van der Waals surface area (Å²) in [7, 11) is 3.75. The van der Waals surface area contributed by atoms with Gasteiger partial charge in [-0.2, -0.15) is 0 Å². The lowest BCUT2D eigenvalue weighted by Crippen LogP contribution is -2.20. The van der Waals surface area contributed by atoms with Crippen molar-refractivity contribution in [1.29, 1.82) is 0 Å². The van der Waals surface area contributed by atoms with Crippen molar-refractivity contribution in [1.82, 2.24) is 0 Å². The topological polar surface area (TPSA) is 24.8 Å². The van der Waals surface area contributed by atoms with Gasteiger partial charge in [0.05, 0.1) is 29.4 Å². The first-order valence-corrected chi connectivity index (χ1v) is 8.41. The number of likely N-dealkylation sites (N-methyl/N-ethyl adjacent to an activating group) is 1. The number of allylic oxidation sites excluding steroid dienone is 1. The van der Waals surface area contributed by atoms with E-state index in [9.17, 15) is 0 Å². The Morgan fingerprint density at radius 2 is 1.92 bits per heavy atom. The molecule has 1 aliphatic heterocycles. The van der Waals surface area contributed by atoms with E-state index >= 15 is 0 Å². The van der Waals surface area contributed by atoms with Crippen molar-refractivity contribution >= 4 is 40.7 Å². The zero-order chi connectivity index (χ0) is 17.1. The van der Waals surface area contributed by atoms with Crippen molar-refractivity contribution in [3.8, 4) is 5.75 Å². The first-order valence-electron chi connectivity index (χ1n) is 7.65. The van der Waals surface area contributed by atoms with Crippen LogP contribution in [0.5, 0.6) is 5.75 Å². The van der Waals surface area contributed by atoms with Crippen LogP contribution in [0.1, 0.15) is 11.1 Å². The Morgan fingerprint density at radius 1 is 1.08 bits per heavy atom. The first-order chi connectivity index (χ1) is 11.6. The Hall–Kier alpha value is -1.97. The number of rotatable bonds is 3. The molecule has 0 bridgehead atoms. The van der Waals surface area contributed by atoms with Crippen molar-refractivity contribution in [2.24, 2.45) is 4.99 Å². The van der Waals surface area contributed by atoms with E-state index in [2.05, 4.69) is 11.9 Å². The minimum Gasteiger partial charge on any atom is -0.497 e. The summed E-state index contributed by atoms with van der Waals surface area (Å²) in [6, 6.07) is 11.6. The highest BCUT2D eigenvalue weighted by molar-refractivity contribution is 6.42. The summed E-state index contributed by atoms with van der Waals surface area (Å²) in [6.07, 6.45) is 4.02. The van der Waals surface area contributed by atoms with Crippen molar-refractivity contribution in [3.05, 3.63) is 63.6 Å². The SMILES string of the molecule is COc1ccc2c(c1)N(C)CCN=C2/C=C/c1ccc(Cl)c(Cl)c1. The molecule has 0 radical (unpaired) electrons. The molecule has 0 unspecified atom stereocenters. The van der Waals surface area contributed by atoms with Crippen LogP contribution in [-0.4, -0.2) is 33.0 Å². The average molecular weight is 361 g/mol. The van der Waals surface area contributed by atoms with Gasteiger partial charge in [0.2, 0.25) is 0 Å². The number of halogens is 2. The second-order valence-electron chi connectivity index (χ2n) is 5.58. The highest BCUT2D eigenvalue weighted by Gasteiger charge is 2.15. The third-order valence-electron chi connectivity index (χ3n) is 3.99. The number of fused-ring (bicyclic) bond motifs is 1. The summed E-state index contributed by atoms with van der Waals surface area (Å²) in [5.74, 6) is 0.843. The van der Waals surface area contributed by atoms with Crippen LogP contribution in [-0.2, 0) is 0 Å². The summed E-state index contributed by atoms with van der Waals surface area (Å²) in [5, 5.41) is 1.10. The van der Waals surface area contributed by atoms with Gasteiger partial charge < -0.3 is 9.64 Å². The van der Waals surface area contributed by atoms with Crippen molar-refractivity contribution in [2.45, 2.75) is 0 Å². The van der Waals surface area contributed by atoms with Gasteiger partial charge in [0, 0.05) is 30.9 Å². The monoisotopic (exact) mass is 360 g/mol. The molecule has 0 saturated carbocycles. The number of hydrogen-bond donors (Lipinski definition) is 0. The van der Waals surface area contributed by atoms with Crippen molar-refractivity contribution in [2.75, 3.05) is 32.1 Å². The normalized spacial score (nSPS) is 14.3. The smallest absolute Gasteiger partial charge is 0.120 e. The number of benzodiazepines with no additional fused rings is 1. The Balaban J connectivity index is 1.96. The van der Waals surface area contributed by atoms with E-state index in [0.717, 1.165) is 41.4 Å². The van der Waals surface area contributed by atoms with E-state index < -0.39 is 0 Å². The number of nitrogens with zero attached hydrogens (tertiary/aromatic N) is 2. The Kier molecular flexibility index (Phi) is 5.12. The van der Waals surface area contributed by atoms with Gasteiger partial charge >= 0.3 is 0 Å². The molecule has 0 fully saturated rings. The van der Waals surface area contributed by atoms with Crippen LogP contribution in [0.15, 0.2) is 47.5 Å². The van der Waals surface area contributed by atoms with E-state index in [0.29, 0.717) is 10.0 Å². The molecule has 0 spiro atoms. The predicted molar refractivity (Wildman–Crippen MR) is 103 cm³/mol. The van der Waals surface area contributed by atoms with Gasteiger partial charge in [-0.1, -0.05) is 35.3 Å². The Bertz CT molecular complexity index is 815. The molecule has 0 aromatic heterocycles. The number of methoxy groups -OCH3 is 1. The molecular formula is C19H18Cl2N2O. The van der Waals surface area contributed by atoms with Crippen LogP contribution < -0.4 is 9.64 Å². The van der Waals surface area contributed by atoms with Crippen LogP contribution in [0, 0.1) is 0 Å². The molecule has 0 amide bonds. The maximum atomic E-state index is 6.08. The highest BCUT2D eigenvalue weighted by Crippen LogP contribution is 2.28. The Morgan fingerprint density at radius 3 is 2.67 bits per heavy atom. The average Bonchev–Trinajstić information content (AvgIpc) is 2.75. The zero-order valence-electron chi connectivity index (χ0n) is 13.6. The minimum atomic E-state index is 0.548. The van der Waals surface area contributed by atoms with Gasteiger partial charge in [-0.3, -0.25) is 4.99 Å². The number of ether oxygens (including phenoxy) is 1. The number of anilines is 1. The molecule has 1 aliphatic rings. The number of hydrogen-bond acceptors (Lipinski definition) is 3. The third kappa shape index (κ3) is 3.58. The summed E-state index contributed by atoms with van der Waals surface area (Å²) in [6.45, 7) is 1.61. The summed E-state index contributed by atoms with van der Waals surface area (Å²) in [5.41, 5.74) is 4.14. The molecule has 5 heteroatoms. The molecule has 2 aromatic carbocycles. The molecule has 2 aromatic rings. The fourth-order valence-electron chi connectivity index (χ4n) is 2.63. The second-order valence-corrected chi connectivity index (χ2v) is 6.39. The maximum Gasteiger partial charge on any atom is 0.120 e. The van der Waals surface area contributed by atoms with Crippen LogP contribution >= 0.6 is 23.2 Å². The van der Waals surface area contributed by atoms with Gasteiger partial charge in [0.15, 0.2) is 0 Å². The lowest BCUT2D eigenvalue weighted by atomic mass is 10.1. The molecule has 0 aliphatic carbocycles. The van der Waals surface area contributed by atoms with Gasteiger partial charge in [-0.15, -0.1) is 0 Å². The van der Waals surface area contributed by atoms with Gasteiger partial charge in [0.25, 0.3) is 0 Å². The molecule has 3 nitrogen and oxygen atoms in total. The van der Waals surface area contributed by atoms with Gasteiger partial charge in [-0.05, 0) is 35.9 Å². The summed E-state index contributed by atoms with van der Waals surface area (Å²) < 4.78 is 5.35. The molecule has 3 rings (SSSR count). The third-order valence-corrected chi connectivity index (χ3v) is 4.73. The van der Waals surface area contributed by atoms with Crippen LogP contribution in [0.2, 0.25) is 10.0 Å². The summed E-state index contributed by atoms with van der Waals surface area (Å²) in [4.78, 5) is 6.91. The van der Waals surface area contributed by atoms with Crippen LogP contribution in [0.25, 0.3) is 6.08 Å². The molecule has 0 atom stereocenters. The molecule has 0 saturated heterocycles. The fourth-order valence-corrected chi connectivity index (χ4v) is 2.94. The first kappa shape index (κ1) is 16.9. The Labute approximate surface area is 152 Å². The molecule has 24 heavy (non-hydrogen) atoms. The highest BCUT2D eigenvalue weighted by atomic mass is 35.5. The number of aliphatic imine (C=N–C) groups is 1. The lowest BCUT2D eigenvalue weighted by molar-refractivity contribution is 0.415. The van der Waals surface area contributed by atoms with E-state index in [1.165, 1.54) is 0 Å². The molecular weight excluding hydrogens is 343 g/mol. The quantitative estimate of drug-likeness (QED) is 0.772. The van der Waals surface area contributed by atoms with Crippen molar-refractivity contribution < 1.29 is 4.74 Å². The van der Waals surface area contributed by atoms with Crippen LogP contribution in [0.4, 0.5) is 5.69 Å². The van der Waals surface area contributed by atoms with Gasteiger partial charge in [0.1, 0.15) is 5.75 Å². The predicted octanol–water partition coefficient (Wildman–Crippen LogP) is 4.95. The lowest BCUT2D eigenvalue weighted by Gasteiger charge is -2.19. The van der Waals surface area contributed by atoms with Gasteiger partial charge in [-0.25, -0.2) is 0 Å². The van der Waals surface area contributed by atoms with E-state index in [1.54, 1.807) is 13.2 Å². The van der Waals surface area contributed by atoms with Crippen molar-refractivity contribution in [3.63, 3.8) is 0 Å². The zero-order valence-corrected chi connectivity index (χ0v) is 15.1. The van der Waals surface area contributed by atoms with E-state index in [-0.39, 0.29) is 0 Å².